The summed E-state index contributed by atoms with van der Waals surface area (Å²) in [5.74, 6) is 2.57. The first kappa shape index (κ1) is 14.2. The van der Waals surface area contributed by atoms with Gasteiger partial charge in [0, 0.05) is 28.7 Å². The van der Waals surface area contributed by atoms with Crippen molar-refractivity contribution in [3.05, 3.63) is 33.9 Å². The van der Waals surface area contributed by atoms with E-state index in [9.17, 15) is 14.9 Å². The predicted molar refractivity (Wildman–Crippen MR) is 71.4 cm³/mol. The van der Waals surface area contributed by atoms with Gasteiger partial charge >= 0.3 is 11.8 Å². The summed E-state index contributed by atoms with van der Waals surface area (Å²) in [6.45, 7) is 1.80. The first-order valence-corrected chi connectivity index (χ1v) is 5.80. The highest BCUT2D eigenvalue weighted by molar-refractivity contribution is 14.1. The lowest BCUT2D eigenvalue weighted by Gasteiger charge is -2.11. The molecule has 7 heteroatoms. The van der Waals surface area contributed by atoms with Gasteiger partial charge < -0.3 is 9.47 Å². The Bertz CT molecular complexity index is 526. The fourth-order valence-electron chi connectivity index (χ4n) is 1.14. The van der Waals surface area contributed by atoms with Crippen LogP contribution in [0.5, 0.6) is 5.75 Å². The molecule has 0 aromatic heterocycles. The van der Waals surface area contributed by atoms with E-state index in [2.05, 4.69) is 19.3 Å². The quantitative estimate of drug-likeness (QED) is 0.192. The van der Waals surface area contributed by atoms with Crippen LogP contribution < -0.4 is 4.74 Å². The van der Waals surface area contributed by atoms with E-state index < -0.39 is 11.1 Å². The average molecular weight is 361 g/mol. The first-order chi connectivity index (χ1) is 8.58. The second kappa shape index (κ2) is 6.80. The fourth-order valence-corrected chi connectivity index (χ4v) is 1.14. The Morgan fingerprint density at radius 2 is 2.17 bits per heavy atom. The molecule has 0 unspecified atom stereocenters. The van der Waals surface area contributed by atoms with Crippen molar-refractivity contribution < 1.29 is 19.2 Å². The summed E-state index contributed by atoms with van der Waals surface area (Å²) in [5, 5.41) is 10.6. The molecule has 2 aliphatic rings. The minimum atomic E-state index is -0.922. The highest BCUT2D eigenvalue weighted by atomic mass is 127. The van der Waals surface area contributed by atoms with Gasteiger partial charge in [0.25, 0.3) is 0 Å². The summed E-state index contributed by atoms with van der Waals surface area (Å²) in [6, 6.07) is 4.31. The second-order valence-electron chi connectivity index (χ2n) is 3.04. The highest BCUT2D eigenvalue weighted by Crippen LogP contribution is 2.30. The molecule has 0 amide bonds. The average Bonchev–Trinajstić information content (AvgIpc) is 2.34. The minimum absolute atomic E-state index is 0.0139. The molecule has 1 aromatic rings. The van der Waals surface area contributed by atoms with Crippen molar-refractivity contribution in [1.82, 2.24) is 0 Å². The first-order valence-electron chi connectivity index (χ1n) is 4.72. The molecular formula is C11H8INO5. The zero-order valence-corrected chi connectivity index (χ0v) is 11.5. The van der Waals surface area contributed by atoms with Gasteiger partial charge in [-0.2, -0.15) is 0 Å². The molecule has 2 heterocycles. The third-order valence-corrected chi connectivity index (χ3v) is 2.40. The molecule has 0 N–H and O–H groups in total. The van der Waals surface area contributed by atoms with E-state index in [1.165, 1.54) is 12.1 Å². The van der Waals surface area contributed by atoms with Crippen LogP contribution in [0.3, 0.4) is 0 Å². The van der Waals surface area contributed by atoms with Crippen molar-refractivity contribution in [3.8, 4) is 15.6 Å². The van der Waals surface area contributed by atoms with E-state index in [1.807, 2.05) is 29.5 Å². The number of benzene rings is 1. The third-order valence-electron chi connectivity index (χ3n) is 1.86. The Hall–Kier alpha value is -1.82. The Morgan fingerprint density at radius 3 is 2.72 bits per heavy atom. The van der Waals surface area contributed by atoms with Crippen molar-refractivity contribution in [1.29, 1.82) is 0 Å². The smallest absolute Gasteiger partial charge is 0.429 e. The van der Waals surface area contributed by atoms with Gasteiger partial charge in [0.15, 0.2) is 0 Å². The molecule has 0 fully saturated rings. The molecule has 1 aromatic carbocycles. The molecule has 0 saturated heterocycles. The van der Waals surface area contributed by atoms with Crippen LogP contribution in [-0.2, 0) is 11.3 Å². The number of nitro groups is 1. The van der Waals surface area contributed by atoms with Gasteiger partial charge in [0.2, 0.25) is 5.75 Å². The summed E-state index contributed by atoms with van der Waals surface area (Å²) in [6.07, 6.45) is -0.922. The number of fused-ring (bicyclic) bond motifs is 5. The molecular weight excluding hydrogens is 353 g/mol. The number of rotatable bonds is 1. The van der Waals surface area contributed by atoms with Crippen LogP contribution in [0.4, 0.5) is 10.5 Å². The number of ether oxygens (including phenoxy) is 2. The molecule has 2 bridgehead atoms. The van der Waals surface area contributed by atoms with Crippen LogP contribution in [-0.4, -0.2) is 11.1 Å². The van der Waals surface area contributed by atoms with E-state index in [-0.39, 0.29) is 18.0 Å². The van der Waals surface area contributed by atoms with Crippen LogP contribution in [0.15, 0.2) is 18.2 Å². The zero-order valence-electron chi connectivity index (χ0n) is 9.31. The summed E-state index contributed by atoms with van der Waals surface area (Å²) in [4.78, 5) is 20.8. The van der Waals surface area contributed by atoms with Gasteiger partial charge in [-0.05, 0) is 22.5 Å². The molecule has 0 atom stereocenters. The lowest BCUT2D eigenvalue weighted by molar-refractivity contribution is -0.385. The Kier molecular flexibility index (Phi) is 5.38. The van der Waals surface area contributed by atoms with Crippen molar-refractivity contribution in [2.24, 2.45) is 0 Å². The maximum Gasteiger partial charge on any atom is 0.514 e. The summed E-state index contributed by atoms with van der Waals surface area (Å²) in [5.41, 5.74) is 0.344. The number of hydrogen-bond donors (Lipinski definition) is 0. The van der Waals surface area contributed by atoms with Crippen molar-refractivity contribution in [2.45, 2.75) is 13.5 Å². The molecule has 0 radical (unpaired) electrons. The van der Waals surface area contributed by atoms with Gasteiger partial charge in [-0.25, -0.2) is 4.79 Å². The monoisotopic (exact) mass is 361 g/mol. The van der Waals surface area contributed by atoms with Crippen LogP contribution in [0, 0.1) is 20.0 Å². The fraction of sp³-hybridized carbons (Fsp3) is 0.182. The van der Waals surface area contributed by atoms with E-state index in [0.717, 1.165) is 0 Å². The number of nitro benzene ring substituents is 1. The normalized spacial score (nSPS) is 11.6. The molecule has 6 nitrogen and oxygen atoms in total. The van der Waals surface area contributed by atoms with Crippen LogP contribution >= 0.6 is 22.6 Å². The lowest BCUT2D eigenvalue weighted by Crippen LogP contribution is -2.14. The van der Waals surface area contributed by atoms with Gasteiger partial charge in [-0.15, -0.1) is 0 Å². The Balaban J connectivity index is 0.000000357. The van der Waals surface area contributed by atoms with E-state index in [1.54, 1.807) is 6.07 Å². The molecule has 18 heavy (non-hydrogen) atoms. The summed E-state index contributed by atoms with van der Waals surface area (Å²) < 4.78 is 11.9. The Labute approximate surface area is 117 Å². The highest BCUT2D eigenvalue weighted by Gasteiger charge is 2.22. The minimum Gasteiger partial charge on any atom is -0.429 e. The number of carbonyl (C=O) groups is 1. The molecule has 94 valence electrons. The van der Waals surface area contributed by atoms with Crippen molar-refractivity contribution in [2.75, 3.05) is 0 Å². The lowest BCUT2D eigenvalue weighted by atomic mass is 10.2. The Morgan fingerprint density at radius 1 is 1.50 bits per heavy atom. The number of nitrogens with zero attached hydrogens (tertiary/aromatic N) is 1. The van der Waals surface area contributed by atoms with Crippen LogP contribution in [0.25, 0.3) is 0 Å². The predicted octanol–water partition coefficient (Wildman–Crippen LogP) is 3.03. The van der Waals surface area contributed by atoms with Gasteiger partial charge in [0.1, 0.15) is 6.61 Å². The van der Waals surface area contributed by atoms with Gasteiger partial charge in [0.05, 0.1) is 4.92 Å². The summed E-state index contributed by atoms with van der Waals surface area (Å²) >= 11 is 1.99. The SMILES string of the molecule is CC#CI.O=C1OCc2ccc(c([N+](=O)[O-])c2)O1. The second-order valence-corrected chi connectivity index (χ2v) is 3.58. The van der Waals surface area contributed by atoms with Crippen LogP contribution in [0.2, 0.25) is 0 Å². The topological polar surface area (TPSA) is 78.7 Å². The number of hydrogen-bond acceptors (Lipinski definition) is 5. The van der Waals surface area contributed by atoms with Gasteiger partial charge in [-0.1, -0.05) is 12.0 Å². The van der Waals surface area contributed by atoms with Crippen LogP contribution in [0.1, 0.15) is 12.5 Å². The molecule has 0 aliphatic carbocycles. The van der Waals surface area contributed by atoms with Crippen molar-refractivity contribution in [3.63, 3.8) is 0 Å². The number of carbonyl (C=O) groups excluding carboxylic acids is 1. The van der Waals surface area contributed by atoms with Crippen molar-refractivity contribution >= 4 is 34.4 Å². The zero-order chi connectivity index (χ0) is 13.5. The molecule has 0 spiro atoms. The maximum absolute atomic E-state index is 10.8. The maximum atomic E-state index is 10.8. The molecule has 3 rings (SSSR count). The molecule has 0 saturated carbocycles. The number of halogens is 1. The summed E-state index contributed by atoms with van der Waals surface area (Å²) in [7, 11) is 0. The van der Waals surface area contributed by atoms with E-state index >= 15 is 0 Å². The molecule has 2 aliphatic heterocycles. The van der Waals surface area contributed by atoms with Gasteiger partial charge in [-0.3, -0.25) is 10.1 Å². The third kappa shape index (κ3) is 3.89. The van der Waals surface area contributed by atoms with E-state index in [4.69, 9.17) is 0 Å². The standard InChI is InChI=1S/C8H5NO5.C3H3I/c10-8-13-4-5-1-2-7(14-8)6(3-5)9(11)12;1-2-3-4/h1-3H,4H2;1H3. The largest absolute Gasteiger partial charge is 0.514 e. The van der Waals surface area contributed by atoms with E-state index in [0.29, 0.717) is 5.56 Å².